The highest BCUT2D eigenvalue weighted by Gasteiger charge is 2.19. The number of carbonyl (C=O) groups is 1. The molecule has 0 spiro atoms. The lowest BCUT2D eigenvalue weighted by atomic mass is 9.81. The van der Waals surface area contributed by atoms with Crippen LogP contribution in [-0.4, -0.2) is 26.2 Å². The summed E-state index contributed by atoms with van der Waals surface area (Å²) < 4.78 is 4.79. The number of rotatable bonds is 5. The summed E-state index contributed by atoms with van der Waals surface area (Å²) in [6.45, 7) is 0.891. The normalized spacial score (nSPS) is 18.2. The third kappa shape index (κ3) is 3.33. The van der Waals surface area contributed by atoms with Gasteiger partial charge in [0.1, 0.15) is 6.61 Å². The molecule has 18 heavy (non-hydrogen) atoms. The van der Waals surface area contributed by atoms with E-state index < -0.39 is 0 Å². The maximum Gasteiger partial charge on any atom is 0.245 e. The second kappa shape index (κ2) is 6.55. The van der Waals surface area contributed by atoms with Crippen molar-refractivity contribution < 1.29 is 9.53 Å². The smallest absolute Gasteiger partial charge is 0.245 e. The lowest BCUT2D eigenvalue weighted by Gasteiger charge is -2.25. The van der Waals surface area contributed by atoms with Gasteiger partial charge in [-0.15, -0.1) is 0 Å². The SMILES string of the molecule is COCC(=O)NCCC1CCCc2ccccc21. The van der Waals surface area contributed by atoms with Gasteiger partial charge in [-0.2, -0.15) is 0 Å². The molecule has 2 rings (SSSR count). The summed E-state index contributed by atoms with van der Waals surface area (Å²) in [4.78, 5) is 11.3. The number of fused-ring (bicyclic) bond motifs is 1. The summed E-state index contributed by atoms with van der Waals surface area (Å²) in [5, 5.41) is 2.90. The van der Waals surface area contributed by atoms with Crippen LogP contribution < -0.4 is 5.32 Å². The summed E-state index contributed by atoms with van der Waals surface area (Å²) in [7, 11) is 1.54. The van der Waals surface area contributed by atoms with Crippen molar-refractivity contribution in [2.24, 2.45) is 0 Å². The van der Waals surface area contributed by atoms with Crippen LogP contribution in [0.4, 0.5) is 0 Å². The first kappa shape index (κ1) is 13.1. The average Bonchev–Trinajstić information content (AvgIpc) is 2.39. The van der Waals surface area contributed by atoms with Gasteiger partial charge in [-0.05, 0) is 42.7 Å². The Balaban J connectivity index is 1.86. The van der Waals surface area contributed by atoms with E-state index in [1.165, 1.54) is 37.5 Å². The highest BCUT2D eigenvalue weighted by Crippen LogP contribution is 2.33. The van der Waals surface area contributed by atoms with Gasteiger partial charge in [0, 0.05) is 13.7 Å². The van der Waals surface area contributed by atoms with Gasteiger partial charge in [-0.25, -0.2) is 0 Å². The number of ether oxygens (including phenoxy) is 1. The van der Waals surface area contributed by atoms with Gasteiger partial charge in [0.25, 0.3) is 0 Å². The van der Waals surface area contributed by atoms with Crippen molar-refractivity contribution in [3.8, 4) is 0 Å². The van der Waals surface area contributed by atoms with E-state index in [0.717, 1.165) is 13.0 Å². The third-order valence-corrected chi connectivity index (χ3v) is 3.58. The minimum Gasteiger partial charge on any atom is -0.375 e. The largest absolute Gasteiger partial charge is 0.375 e. The second-order valence-electron chi connectivity index (χ2n) is 4.86. The molecule has 0 saturated heterocycles. The Labute approximate surface area is 109 Å². The van der Waals surface area contributed by atoms with Crippen molar-refractivity contribution >= 4 is 5.91 Å². The number of carbonyl (C=O) groups excluding carboxylic acids is 1. The second-order valence-corrected chi connectivity index (χ2v) is 4.86. The molecule has 98 valence electrons. The first-order chi connectivity index (χ1) is 8.81. The molecule has 0 radical (unpaired) electrons. The van der Waals surface area contributed by atoms with Crippen molar-refractivity contribution in [2.75, 3.05) is 20.3 Å². The zero-order valence-electron chi connectivity index (χ0n) is 10.9. The fourth-order valence-corrected chi connectivity index (χ4v) is 2.72. The third-order valence-electron chi connectivity index (χ3n) is 3.58. The van der Waals surface area contributed by atoms with Crippen LogP contribution in [0.1, 0.15) is 36.3 Å². The van der Waals surface area contributed by atoms with Crippen LogP contribution in [0.25, 0.3) is 0 Å². The van der Waals surface area contributed by atoms with Gasteiger partial charge in [0.05, 0.1) is 0 Å². The first-order valence-corrected chi connectivity index (χ1v) is 6.64. The maximum absolute atomic E-state index is 11.3. The van der Waals surface area contributed by atoms with Gasteiger partial charge in [-0.3, -0.25) is 4.79 Å². The Morgan fingerprint density at radius 3 is 3.11 bits per heavy atom. The Hall–Kier alpha value is -1.35. The number of amides is 1. The van der Waals surface area contributed by atoms with Crippen LogP contribution in [0.15, 0.2) is 24.3 Å². The molecule has 1 aliphatic rings. The number of aryl methyl sites for hydroxylation is 1. The van der Waals surface area contributed by atoms with E-state index in [1.807, 2.05) is 0 Å². The molecule has 1 aliphatic carbocycles. The topological polar surface area (TPSA) is 38.3 Å². The van der Waals surface area contributed by atoms with Crippen molar-refractivity contribution in [3.63, 3.8) is 0 Å². The van der Waals surface area contributed by atoms with Gasteiger partial charge in [-0.1, -0.05) is 24.3 Å². The molecule has 0 aliphatic heterocycles. The van der Waals surface area contributed by atoms with Crippen LogP contribution in [0.3, 0.4) is 0 Å². The van der Waals surface area contributed by atoms with E-state index in [-0.39, 0.29) is 12.5 Å². The van der Waals surface area contributed by atoms with Gasteiger partial charge >= 0.3 is 0 Å². The zero-order valence-corrected chi connectivity index (χ0v) is 10.9. The Morgan fingerprint density at radius 2 is 2.28 bits per heavy atom. The molecule has 0 heterocycles. The number of hydrogen-bond donors (Lipinski definition) is 1. The zero-order chi connectivity index (χ0) is 12.8. The van der Waals surface area contributed by atoms with Gasteiger partial charge in [0.15, 0.2) is 0 Å². The molecule has 1 amide bonds. The molecule has 3 heteroatoms. The van der Waals surface area contributed by atoms with E-state index >= 15 is 0 Å². The molecule has 3 nitrogen and oxygen atoms in total. The molecule has 1 N–H and O–H groups in total. The predicted octanol–water partition coefficient (Wildman–Crippen LogP) is 2.26. The van der Waals surface area contributed by atoms with E-state index in [0.29, 0.717) is 5.92 Å². The van der Waals surface area contributed by atoms with Crippen molar-refractivity contribution in [2.45, 2.75) is 31.6 Å². The summed E-state index contributed by atoms with van der Waals surface area (Å²) in [5.74, 6) is 0.569. The lowest BCUT2D eigenvalue weighted by molar-refractivity contribution is -0.124. The monoisotopic (exact) mass is 247 g/mol. The van der Waals surface area contributed by atoms with Crippen LogP contribution >= 0.6 is 0 Å². The molecular weight excluding hydrogens is 226 g/mol. The van der Waals surface area contributed by atoms with E-state index in [4.69, 9.17) is 4.74 Å². The minimum absolute atomic E-state index is 0.0263. The molecular formula is C15H21NO2. The number of benzene rings is 1. The van der Waals surface area contributed by atoms with E-state index in [9.17, 15) is 4.79 Å². The molecule has 0 bridgehead atoms. The molecule has 1 unspecified atom stereocenters. The Kier molecular flexibility index (Phi) is 4.76. The summed E-state index contributed by atoms with van der Waals surface area (Å²) >= 11 is 0. The molecule has 1 aromatic rings. The molecule has 1 aromatic carbocycles. The van der Waals surface area contributed by atoms with Crippen LogP contribution in [-0.2, 0) is 16.0 Å². The predicted molar refractivity (Wildman–Crippen MR) is 71.6 cm³/mol. The molecule has 0 aromatic heterocycles. The minimum atomic E-state index is -0.0263. The average molecular weight is 247 g/mol. The first-order valence-electron chi connectivity index (χ1n) is 6.64. The highest BCUT2D eigenvalue weighted by molar-refractivity contribution is 5.77. The van der Waals surface area contributed by atoms with Crippen LogP contribution in [0.5, 0.6) is 0 Å². The summed E-state index contributed by atoms with van der Waals surface area (Å²) in [5.41, 5.74) is 2.96. The van der Waals surface area contributed by atoms with E-state index in [1.54, 1.807) is 0 Å². The summed E-state index contributed by atoms with van der Waals surface area (Å²) in [6.07, 6.45) is 4.71. The number of methoxy groups -OCH3 is 1. The summed E-state index contributed by atoms with van der Waals surface area (Å²) in [6, 6.07) is 8.68. The standard InChI is InChI=1S/C15H21NO2/c1-18-11-15(17)16-10-9-13-7-4-6-12-5-2-3-8-14(12)13/h2-3,5,8,13H,4,6-7,9-11H2,1H3,(H,16,17). The molecule has 0 fully saturated rings. The van der Waals surface area contributed by atoms with Crippen LogP contribution in [0, 0.1) is 0 Å². The van der Waals surface area contributed by atoms with E-state index in [2.05, 4.69) is 29.6 Å². The fraction of sp³-hybridized carbons (Fsp3) is 0.533. The van der Waals surface area contributed by atoms with Crippen LogP contribution in [0.2, 0.25) is 0 Å². The maximum atomic E-state index is 11.3. The lowest BCUT2D eigenvalue weighted by Crippen LogP contribution is -2.29. The fourth-order valence-electron chi connectivity index (χ4n) is 2.72. The Morgan fingerprint density at radius 1 is 1.44 bits per heavy atom. The highest BCUT2D eigenvalue weighted by atomic mass is 16.5. The molecule has 1 atom stereocenters. The van der Waals surface area contributed by atoms with Crippen molar-refractivity contribution in [1.29, 1.82) is 0 Å². The van der Waals surface area contributed by atoms with Crippen molar-refractivity contribution in [3.05, 3.63) is 35.4 Å². The number of nitrogens with one attached hydrogen (secondary N) is 1. The quantitative estimate of drug-likeness (QED) is 0.866. The molecule has 0 saturated carbocycles. The van der Waals surface area contributed by atoms with Gasteiger partial charge in [0.2, 0.25) is 5.91 Å². The van der Waals surface area contributed by atoms with Gasteiger partial charge < -0.3 is 10.1 Å². The van der Waals surface area contributed by atoms with Crippen molar-refractivity contribution in [1.82, 2.24) is 5.32 Å². The number of hydrogen-bond acceptors (Lipinski definition) is 2. The Bertz CT molecular complexity index is 403.